The van der Waals surface area contributed by atoms with Crippen LogP contribution in [0.15, 0.2) is 29.5 Å². The molecule has 2 aliphatic rings. The van der Waals surface area contributed by atoms with Crippen molar-refractivity contribution in [3.63, 3.8) is 0 Å². The fraction of sp³-hybridized carbons (Fsp3) is 0.474. The van der Waals surface area contributed by atoms with E-state index in [9.17, 15) is 14.7 Å². The van der Waals surface area contributed by atoms with Gasteiger partial charge in [-0.1, -0.05) is 0 Å². The van der Waals surface area contributed by atoms with Gasteiger partial charge in [-0.15, -0.1) is 0 Å². The molecule has 8 nitrogen and oxygen atoms in total. The van der Waals surface area contributed by atoms with Crippen molar-refractivity contribution < 1.29 is 28.9 Å². The van der Waals surface area contributed by atoms with Crippen LogP contribution in [0.1, 0.15) is 25.3 Å². The monoisotopic (exact) mass is 376 g/mol. The number of ether oxygens (including phenoxy) is 3. The first-order valence-electron chi connectivity index (χ1n) is 8.69. The first kappa shape index (κ1) is 19.0. The Morgan fingerprint density at radius 2 is 2.00 bits per heavy atom. The summed E-state index contributed by atoms with van der Waals surface area (Å²) in [5.74, 6) is -0.441. The van der Waals surface area contributed by atoms with Crippen LogP contribution < -0.4 is 9.47 Å². The van der Waals surface area contributed by atoms with Crippen LogP contribution >= 0.6 is 0 Å². The molecule has 2 aliphatic heterocycles. The minimum atomic E-state index is -0.836. The second kappa shape index (κ2) is 7.11. The summed E-state index contributed by atoms with van der Waals surface area (Å²) < 4.78 is 15.4. The van der Waals surface area contributed by atoms with Crippen LogP contribution in [0.3, 0.4) is 0 Å². The van der Waals surface area contributed by atoms with Gasteiger partial charge in [-0.25, -0.2) is 9.80 Å². The summed E-state index contributed by atoms with van der Waals surface area (Å²) in [5.41, 5.74) is -0.380. The Morgan fingerprint density at radius 3 is 2.63 bits per heavy atom. The van der Waals surface area contributed by atoms with Gasteiger partial charge in [-0.2, -0.15) is 0 Å². The average molecular weight is 376 g/mol. The number of rotatable bonds is 5. The standard InChI is InChI=1S/C19H24N2O6/c1-19-8-5-9-21(19)20(17(23)15(16(19)22)18(24)27-4)11-12-6-7-13(25-2)10-14(12)26-3/h6-7,10,22H,5,8-9,11H2,1-4H3/t19-/m1/s1. The Kier molecular flexibility index (Phi) is 5.01. The van der Waals surface area contributed by atoms with E-state index in [4.69, 9.17) is 14.2 Å². The molecule has 0 unspecified atom stereocenters. The number of esters is 1. The number of aliphatic hydroxyl groups is 1. The van der Waals surface area contributed by atoms with Gasteiger partial charge in [0, 0.05) is 18.2 Å². The van der Waals surface area contributed by atoms with Crippen molar-refractivity contribution in [2.24, 2.45) is 0 Å². The maximum atomic E-state index is 13.0. The van der Waals surface area contributed by atoms with Gasteiger partial charge < -0.3 is 19.3 Å². The Labute approximate surface area is 157 Å². The molecule has 1 aromatic carbocycles. The summed E-state index contributed by atoms with van der Waals surface area (Å²) in [6.45, 7) is 2.61. The van der Waals surface area contributed by atoms with E-state index in [1.165, 1.54) is 12.1 Å². The molecule has 3 rings (SSSR count). The van der Waals surface area contributed by atoms with Crippen LogP contribution in [0, 0.1) is 0 Å². The highest BCUT2D eigenvalue weighted by Crippen LogP contribution is 2.42. The van der Waals surface area contributed by atoms with Gasteiger partial charge in [0.1, 0.15) is 17.3 Å². The number of carbonyl (C=O) groups is 2. The second-order valence-corrected chi connectivity index (χ2v) is 6.76. The number of hydrazine groups is 1. The third kappa shape index (κ3) is 2.99. The Hall–Kier alpha value is -2.74. The van der Waals surface area contributed by atoms with Crippen molar-refractivity contribution >= 4 is 11.9 Å². The number of carbonyl (C=O) groups excluding carboxylic acids is 2. The fourth-order valence-corrected chi connectivity index (χ4v) is 3.77. The molecule has 0 saturated carbocycles. The summed E-state index contributed by atoms with van der Waals surface area (Å²) in [5, 5.41) is 14.0. The average Bonchev–Trinajstić information content (AvgIpc) is 3.08. The molecule has 0 aromatic heterocycles. The highest BCUT2D eigenvalue weighted by Gasteiger charge is 2.53. The quantitative estimate of drug-likeness (QED) is 0.619. The molecule has 8 heteroatoms. The fourth-order valence-electron chi connectivity index (χ4n) is 3.77. The lowest BCUT2D eigenvalue weighted by molar-refractivity contribution is -0.163. The Morgan fingerprint density at radius 1 is 1.26 bits per heavy atom. The number of hydrogen-bond acceptors (Lipinski definition) is 7. The van der Waals surface area contributed by atoms with Gasteiger partial charge in [0.25, 0.3) is 5.91 Å². The van der Waals surface area contributed by atoms with Gasteiger partial charge in [-0.3, -0.25) is 9.80 Å². The van der Waals surface area contributed by atoms with E-state index in [2.05, 4.69) is 0 Å². The SMILES string of the molecule is COC(=O)C1=C(O)[C@@]2(C)CCCN2N(Cc2ccc(OC)cc2OC)C1=O. The number of benzene rings is 1. The van der Waals surface area contributed by atoms with E-state index in [-0.39, 0.29) is 17.9 Å². The van der Waals surface area contributed by atoms with E-state index in [1.807, 2.05) is 18.0 Å². The summed E-state index contributed by atoms with van der Waals surface area (Å²) in [6, 6.07) is 5.33. The molecule has 1 saturated heterocycles. The summed E-state index contributed by atoms with van der Waals surface area (Å²) in [7, 11) is 4.30. The van der Waals surface area contributed by atoms with Crippen molar-refractivity contribution in [3.8, 4) is 11.5 Å². The van der Waals surface area contributed by atoms with Crippen LogP contribution in [0.2, 0.25) is 0 Å². The van der Waals surface area contributed by atoms with Gasteiger partial charge in [0.2, 0.25) is 0 Å². The van der Waals surface area contributed by atoms with Crippen LogP contribution in [0.4, 0.5) is 0 Å². The molecule has 0 radical (unpaired) electrons. The lowest BCUT2D eigenvalue weighted by Crippen LogP contribution is -2.60. The highest BCUT2D eigenvalue weighted by atomic mass is 16.5. The molecule has 1 amide bonds. The maximum Gasteiger partial charge on any atom is 0.347 e. The molecule has 0 spiro atoms. The molecule has 0 bridgehead atoms. The number of methoxy groups -OCH3 is 3. The number of nitrogens with zero attached hydrogens (tertiary/aromatic N) is 2. The van der Waals surface area contributed by atoms with Crippen molar-refractivity contribution in [3.05, 3.63) is 35.1 Å². The van der Waals surface area contributed by atoms with Crippen molar-refractivity contribution in [2.45, 2.75) is 31.8 Å². The van der Waals surface area contributed by atoms with Crippen molar-refractivity contribution in [2.75, 3.05) is 27.9 Å². The Balaban J connectivity index is 2.03. The summed E-state index contributed by atoms with van der Waals surface area (Å²) >= 11 is 0. The molecule has 27 heavy (non-hydrogen) atoms. The molecule has 1 N–H and O–H groups in total. The topological polar surface area (TPSA) is 88.5 Å². The van der Waals surface area contributed by atoms with Crippen LogP contribution in [0.25, 0.3) is 0 Å². The zero-order chi connectivity index (χ0) is 19.8. The molecular formula is C19H24N2O6. The molecule has 1 atom stereocenters. The number of fused-ring (bicyclic) bond motifs is 1. The zero-order valence-electron chi connectivity index (χ0n) is 15.9. The summed E-state index contributed by atoms with van der Waals surface area (Å²) in [6.07, 6.45) is 1.42. The number of hydrogen-bond donors (Lipinski definition) is 1. The third-order valence-electron chi connectivity index (χ3n) is 5.29. The molecular weight excluding hydrogens is 352 g/mol. The van der Waals surface area contributed by atoms with Gasteiger partial charge in [-0.05, 0) is 31.9 Å². The largest absolute Gasteiger partial charge is 0.509 e. The second-order valence-electron chi connectivity index (χ2n) is 6.76. The lowest BCUT2D eigenvalue weighted by atomic mass is 9.91. The van der Waals surface area contributed by atoms with Gasteiger partial charge in [0.05, 0.1) is 33.4 Å². The minimum Gasteiger partial charge on any atom is -0.509 e. The molecule has 146 valence electrons. The minimum absolute atomic E-state index is 0.190. The van der Waals surface area contributed by atoms with Crippen molar-refractivity contribution in [1.29, 1.82) is 0 Å². The predicted molar refractivity (Wildman–Crippen MR) is 96.1 cm³/mol. The van der Waals surface area contributed by atoms with Crippen LogP contribution in [0.5, 0.6) is 11.5 Å². The smallest absolute Gasteiger partial charge is 0.347 e. The Bertz CT molecular complexity index is 805. The van der Waals surface area contributed by atoms with E-state index in [0.29, 0.717) is 24.5 Å². The van der Waals surface area contributed by atoms with Crippen LogP contribution in [-0.2, 0) is 20.9 Å². The maximum absolute atomic E-state index is 13.0. The lowest BCUT2D eigenvalue weighted by Gasteiger charge is -2.46. The van der Waals surface area contributed by atoms with Gasteiger partial charge in [0.15, 0.2) is 5.57 Å². The number of aliphatic hydroxyl groups excluding tert-OH is 1. The van der Waals surface area contributed by atoms with E-state index in [0.717, 1.165) is 12.0 Å². The first-order valence-corrected chi connectivity index (χ1v) is 8.69. The van der Waals surface area contributed by atoms with Crippen LogP contribution in [-0.4, -0.2) is 60.4 Å². The zero-order valence-corrected chi connectivity index (χ0v) is 15.9. The summed E-state index contributed by atoms with van der Waals surface area (Å²) in [4.78, 5) is 25.2. The van der Waals surface area contributed by atoms with E-state index >= 15 is 0 Å². The first-order chi connectivity index (χ1) is 12.9. The molecule has 1 aromatic rings. The highest BCUT2D eigenvalue weighted by molar-refractivity contribution is 6.17. The normalized spacial score (nSPS) is 22.7. The van der Waals surface area contributed by atoms with E-state index < -0.39 is 17.4 Å². The predicted octanol–water partition coefficient (Wildman–Crippen LogP) is 1.80. The van der Waals surface area contributed by atoms with Crippen molar-refractivity contribution in [1.82, 2.24) is 10.0 Å². The molecule has 1 fully saturated rings. The van der Waals surface area contributed by atoms with Gasteiger partial charge >= 0.3 is 5.97 Å². The van der Waals surface area contributed by atoms with E-state index in [1.54, 1.807) is 26.4 Å². The third-order valence-corrected chi connectivity index (χ3v) is 5.29. The molecule has 2 heterocycles. The number of amides is 1. The molecule has 0 aliphatic carbocycles.